The fourth-order valence-electron chi connectivity index (χ4n) is 2.61. The molecular formula is C18H17N5S. The lowest BCUT2D eigenvalue weighted by molar-refractivity contribution is 0.917. The first-order chi connectivity index (χ1) is 11.8. The molecule has 4 aromatic rings. The third-order valence-corrected chi connectivity index (χ3v) is 5.00. The van der Waals surface area contributed by atoms with Gasteiger partial charge in [-0.15, -0.1) is 26.6 Å². The van der Waals surface area contributed by atoms with Gasteiger partial charge in [-0.3, -0.25) is 0 Å². The topological polar surface area (TPSA) is 55.1 Å². The molecule has 0 saturated heterocycles. The number of fused-ring (bicyclic) bond motifs is 1. The summed E-state index contributed by atoms with van der Waals surface area (Å²) < 4.78 is 1.79. The number of nitrogens with one attached hydrogen (secondary N) is 1. The molecule has 0 unspecified atom stereocenters. The van der Waals surface area contributed by atoms with E-state index in [2.05, 4.69) is 39.0 Å². The van der Waals surface area contributed by atoms with Gasteiger partial charge < -0.3 is 5.32 Å². The van der Waals surface area contributed by atoms with Crippen LogP contribution in [0.3, 0.4) is 0 Å². The minimum absolute atomic E-state index is 0.744. The monoisotopic (exact) mass is 335 g/mol. The summed E-state index contributed by atoms with van der Waals surface area (Å²) in [5.74, 6) is 1.58. The van der Waals surface area contributed by atoms with Gasteiger partial charge in [0.25, 0.3) is 0 Å². The highest BCUT2D eigenvalue weighted by molar-refractivity contribution is 7.10. The van der Waals surface area contributed by atoms with Crippen LogP contribution in [0.5, 0.6) is 0 Å². The maximum atomic E-state index is 4.64. The van der Waals surface area contributed by atoms with Crippen LogP contribution in [0.4, 0.5) is 5.82 Å². The maximum Gasteiger partial charge on any atom is 0.185 e. The van der Waals surface area contributed by atoms with Gasteiger partial charge in [0.1, 0.15) is 5.82 Å². The smallest absolute Gasteiger partial charge is 0.185 e. The van der Waals surface area contributed by atoms with Gasteiger partial charge in [-0.1, -0.05) is 30.3 Å². The summed E-state index contributed by atoms with van der Waals surface area (Å²) in [7, 11) is 0. The van der Waals surface area contributed by atoms with Crippen LogP contribution in [-0.4, -0.2) is 26.4 Å². The lowest BCUT2D eigenvalue weighted by atomic mass is 10.2. The van der Waals surface area contributed by atoms with Crippen LogP contribution in [0.15, 0.2) is 53.9 Å². The number of hydrogen-bond donors (Lipinski definition) is 1. The molecular weight excluding hydrogens is 318 g/mol. The largest absolute Gasteiger partial charge is 0.368 e. The third kappa shape index (κ3) is 2.88. The van der Waals surface area contributed by atoms with E-state index in [0.717, 1.165) is 35.8 Å². The highest BCUT2D eigenvalue weighted by atomic mass is 32.1. The van der Waals surface area contributed by atoms with E-state index in [0.29, 0.717) is 0 Å². The molecule has 0 radical (unpaired) electrons. The Balaban J connectivity index is 1.55. The van der Waals surface area contributed by atoms with E-state index < -0.39 is 0 Å². The molecule has 0 aliphatic rings. The molecule has 0 atom stereocenters. The Morgan fingerprint density at radius 2 is 1.92 bits per heavy atom. The van der Waals surface area contributed by atoms with Crippen molar-refractivity contribution < 1.29 is 0 Å². The van der Waals surface area contributed by atoms with Gasteiger partial charge in [0.15, 0.2) is 11.5 Å². The van der Waals surface area contributed by atoms with Crippen molar-refractivity contribution in [2.24, 2.45) is 0 Å². The van der Waals surface area contributed by atoms with Crippen LogP contribution >= 0.6 is 11.3 Å². The van der Waals surface area contributed by atoms with E-state index in [-0.39, 0.29) is 0 Å². The molecule has 0 spiro atoms. The summed E-state index contributed by atoms with van der Waals surface area (Å²) in [6.45, 7) is 3.00. The Morgan fingerprint density at radius 3 is 2.71 bits per heavy atom. The molecule has 0 bridgehead atoms. The predicted molar refractivity (Wildman–Crippen MR) is 97.5 cm³/mol. The van der Waals surface area contributed by atoms with Gasteiger partial charge in [0.05, 0.1) is 0 Å². The van der Waals surface area contributed by atoms with Crippen molar-refractivity contribution >= 4 is 22.8 Å². The molecule has 120 valence electrons. The maximum absolute atomic E-state index is 4.64. The number of benzene rings is 1. The average molecular weight is 335 g/mol. The number of hydrogen-bond acceptors (Lipinski definition) is 5. The second-order valence-corrected chi connectivity index (χ2v) is 6.58. The number of anilines is 1. The van der Waals surface area contributed by atoms with Crippen LogP contribution in [0.25, 0.3) is 17.0 Å². The molecule has 0 fully saturated rings. The standard InChI is InChI=1S/C18H17N5S/c1-13-10-12-24-15(13)9-11-19-16-7-8-17-20-21-18(23(17)22-16)14-5-3-2-4-6-14/h2-8,10,12H,9,11H2,1H3,(H,19,22). The second kappa shape index (κ2) is 6.41. The summed E-state index contributed by atoms with van der Waals surface area (Å²) in [5, 5.41) is 18.6. The van der Waals surface area contributed by atoms with Crippen molar-refractivity contribution in [3.05, 3.63) is 64.4 Å². The van der Waals surface area contributed by atoms with Gasteiger partial charge in [-0.25, -0.2) is 0 Å². The van der Waals surface area contributed by atoms with Gasteiger partial charge >= 0.3 is 0 Å². The number of aromatic nitrogens is 4. The summed E-state index contributed by atoms with van der Waals surface area (Å²) in [4.78, 5) is 1.41. The molecule has 1 N–H and O–H groups in total. The second-order valence-electron chi connectivity index (χ2n) is 5.58. The highest BCUT2D eigenvalue weighted by Gasteiger charge is 2.09. The van der Waals surface area contributed by atoms with Crippen molar-refractivity contribution in [1.29, 1.82) is 0 Å². The zero-order valence-corrected chi connectivity index (χ0v) is 14.1. The first-order valence-corrected chi connectivity index (χ1v) is 8.74. The van der Waals surface area contributed by atoms with Gasteiger partial charge in [0, 0.05) is 17.0 Å². The molecule has 0 amide bonds. The molecule has 0 saturated carbocycles. The fraction of sp³-hybridized carbons (Fsp3) is 0.167. The minimum atomic E-state index is 0.744. The third-order valence-electron chi connectivity index (χ3n) is 3.92. The Labute approximate surface area is 144 Å². The molecule has 6 heteroatoms. The van der Waals surface area contributed by atoms with E-state index in [1.54, 1.807) is 15.9 Å². The quantitative estimate of drug-likeness (QED) is 0.602. The van der Waals surface area contributed by atoms with Crippen molar-refractivity contribution in [3.8, 4) is 11.4 Å². The van der Waals surface area contributed by atoms with Gasteiger partial charge in [-0.2, -0.15) is 4.52 Å². The zero-order chi connectivity index (χ0) is 16.4. The Morgan fingerprint density at radius 1 is 1.04 bits per heavy atom. The average Bonchev–Trinajstić information content (AvgIpc) is 3.22. The first kappa shape index (κ1) is 14.8. The van der Waals surface area contributed by atoms with Crippen molar-refractivity contribution in [1.82, 2.24) is 19.8 Å². The van der Waals surface area contributed by atoms with E-state index in [4.69, 9.17) is 0 Å². The first-order valence-electron chi connectivity index (χ1n) is 7.86. The predicted octanol–water partition coefficient (Wildman–Crippen LogP) is 3.82. The van der Waals surface area contributed by atoms with Crippen molar-refractivity contribution in [3.63, 3.8) is 0 Å². The minimum Gasteiger partial charge on any atom is -0.368 e. The van der Waals surface area contributed by atoms with E-state index >= 15 is 0 Å². The van der Waals surface area contributed by atoms with Gasteiger partial charge in [-0.05, 0) is 42.5 Å². The number of aryl methyl sites for hydroxylation is 1. The van der Waals surface area contributed by atoms with Crippen LogP contribution in [0, 0.1) is 6.92 Å². The Hall–Kier alpha value is -2.73. The highest BCUT2D eigenvalue weighted by Crippen LogP contribution is 2.19. The Kier molecular flexibility index (Phi) is 3.96. The lowest BCUT2D eigenvalue weighted by Crippen LogP contribution is -2.08. The molecule has 4 rings (SSSR count). The summed E-state index contributed by atoms with van der Waals surface area (Å²) in [5.41, 5.74) is 3.10. The molecule has 1 aromatic carbocycles. The summed E-state index contributed by atoms with van der Waals surface area (Å²) in [6.07, 6.45) is 0.997. The normalized spacial score (nSPS) is 11.0. The van der Waals surface area contributed by atoms with Crippen molar-refractivity contribution in [2.75, 3.05) is 11.9 Å². The number of thiophene rings is 1. The molecule has 24 heavy (non-hydrogen) atoms. The van der Waals surface area contributed by atoms with Gasteiger partial charge in [0.2, 0.25) is 0 Å². The van der Waals surface area contributed by atoms with Crippen LogP contribution < -0.4 is 5.32 Å². The number of rotatable bonds is 5. The van der Waals surface area contributed by atoms with Crippen LogP contribution in [0.2, 0.25) is 0 Å². The van der Waals surface area contributed by atoms with Crippen molar-refractivity contribution in [2.45, 2.75) is 13.3 Å². The summed E-state index contributed by atoms with van der Waals surface area (Å²) >= 11 is 1.80. The zero-order valence-electron chi connectivity index (χ0n) is 13.3. The van der Waals surface area contributed by atoms with Crippen LogP contribution in [-0.2, 0) is 6.42 Å². The molecule has 3 heterocycles. The van der Waals surface area contributed by atoms with E-state index in [9.17, 15) is 0 Å². The number of nitrogens with zero attached hydrogens (tertiary/aromatic N) is 4. The lowest BCUT2D eigenvalue weighted by Gasteiger charge is -2.06. The van der Waals surface area contributed by atoms with Crippen LogP contribution in [0.1, 0.15) is 10.4 Å². The van der Waals surface area contributed by atoms with E-state index in [1.165, 1.54) is 10.4 Å². The fourth-order valence-corrected chi connectivity index (χ4v) is 3.52. The van der Waals surface area contributed by atoms with E-state index in [1.807, 2.05) is 42.5 Å². The molecule has 5 nitrogen and oxygen atoms in total. The SMILES string of the molecule is Cc1ccsc1CCNc1ccc2nnc(-c3ccccc3)n2n1. The molecule has 0 aliphatic carbocycles. The summed E-state index contributed by atoms with van der Waals surface area (Å²) in [6, 6.07) is 16.0. The molecule has 3 aromatic heterocycles. The Bertz CT molecular complexity index is 958. The molecule has 0 aliphatic heterocycles.